The molecule has 0 aliphatic heterocycles. The van der Waals surface area contributed by atoms with Crippen LogP contribution in [0.25, 0.3) is 0 Å². The van der Waals surface area contributed by atoms with Crippen molar-refractivity contribution in [3.63, 3.8) is 0 Å². The van der Waals surface area contributed by atoms with Crippen LogP contribution in [0.1, 0.15) is 11.1 Å². The number of halogens is 2. The number of fused-ring (bicyclic) bond motifs is 1. The van der Waals surface area contributed by atoms with E-state index in [2.05, 4.69) is 28.7 Å². The lowest BCUT2D eigenvalue weighted by Crippen LogP contribution is -2.19. The lowest BCUT2D eigenvalue weighted by Gasteiger charge is -2.02. The molecule has 1 aromatic carbocycles. The van der Waals surface area contributed by atoms with E-state index in [1.54, 1.807) is 0 Å². The standard InChI is InChI=1S/C9H9ClIN/c10-8-2-1-5-3-6(12)4-7(5)9(8)11/h1-2,6H,3-4,12H2. The van der Waals surface area contributed by atoms with Gasteiger partial charge in [-0.2, -0.15) is 0 Å². The maximum absolute atomic E-state index is 5.99. The van der Waals surface area contributed by atoms with Crippen molar-refractivity contribution in [3.8, 4) is 0 Å². The predicted octanol–water partition coefficient (Wildman–Crippen LogP) is 2.37. The number of benzene rings is 1. The van der Waals surface area contributed by atoms with Crippen LogP contribution in [0.5, 0.6) is 0 Å². The molecule has 0 bridgehead atoms. The zero-order valence-electron chi connectivity index (χ0n) is 6.48. The van der Waals surface area contributed by atoms with Gasteiger partial charge in [-0.25, -0.2) is 0 Å². The Morgan fingerprint density at radius 3 is 2.92 bits per heavy atom. The van der Waals surface area contributed by atoms with E-state index in [1.165, 1.54) is 14.7 Å². The highest BCUT2D eigenvalue weighted by atomic mass is 127. The van der Waals surface area contributed by atoms with Crippen LogP contribution in [0.3, 0.4) is 0 Å². The van der Waals surface area contributed by atoms with E-state index in [1.807, 2.05) is 6.07 Å². The smallest absolute Gasteiger partial charge is 0.0542 e. The van der Waals surface area contributed by atoms with Crippen LogP contribution in [0.4, 0.5) is 0 Å². The van der Waals surface area contributed by atoms with Gasteiger partial charge in [0.2, 0.25) is 0 Å². The highest BCUT2D eigenvalue weighted by Gasteiger charge is 2.21. The number of hydrogen-bond donors (Lipinski definition) is 1. The molecular formula is C9H9ClIN. The van der Waals surface area contributed by atoms with Crippen LogP contribution in [-0.2, 0) is 12.8 Å². The van der Waals surface area contributed by atoms with Gasteiger partial charge >= 0.3 is 0 Å². The zero-order valence-corrected chi connectivity index (χ0v) is 9.39. The Labute approximate surface area is 90.4 Å². The molecule has 0 spiro atoms. The van der Waals surface area contributed by atoms with Crippen molar-refractivity contribution < 1.29 is 0 Å². The molecule has 1 aromatic rings. The molecule has 12 heavy (non-hydrogen) atoms. The topological polar surface area (TPSA) is 26.0 Å². The van der Waals surface area contributed by atoms with Gasteiger partial charge in [0.05, 0.1) is 5.02 Å². The van der Waals surface area contributed by atoms with Gasteiger partial charge < -0.3 is 5.73 Å². The van der Waals surface area contributed by atoms with E-state index >= 15 is 0 Å². The predicted molar refractivity (Wildman–Crippen MR) is 59.6 cm³/mol. The van der Waals surface area contributed by atoms with Crippen LogP contribution < -0.4 is 5.73 Å². The van der Waals surface area contributed by atoms with Crippen molar-refractivity contribution in [1.29, 1.82) is 0 Å². The summed E-state index contributed by atoms with van der Waals surface area (Å²) in [6.07, 6.45) is 1.98. The molecule has 3 heteroatoms. The van der Waals surface area contributed by atoms with Crippen LogP contribution >= 0.6 is 34.2 Å². The second kappa shape index (κ2) is 3.16. The third-order valence-electron chi connectivity index (χ3n) is 2.24. The molecule has 2 N–H and O–H groups in total. The van der Waals surface area contributed by atoms with Gasteiger partial charge in [-0.3, -0.25) is 0 Å². The van der Waals surface area contributed by atoms with Crippen molar-refractivity contribution in [2.75, 3.05) is 0 Å². The summed E-state index contributed by atoms with van der Waals surface area (Å²) in [5, 5.41) is 0.850. The van der Waals surface area contributed by atoms with Gasteiger partial charge in [0, 0.05) is 9.61 Å². The fourth-order valence-corrected chi connectivity index (χ4v) is 2.58. The molecule has 0 amide bonds. The molecule has 1 nitrogen and oxygen atoms in total. The molecule has 2 rings (SSSR count). The first-order valence-corrected chi connectivity index (χ1v) is 5.35. The molecule has 1 aliphatic carbocycles. The van der Waals surface area contributed by atoms with E-state index in [-0.39, 0.29) is 0 Å². The minimum atomic E-state index is 0.298. The summed E-state index contributed by atoms with van der Waals surface area (Å²) in [5.41, 5.74) is 8.59. The first-order chi connectivity index (χ1) is 5.68. The fourth-order valence-electron chi connectivity index (χ4n) is 1.66. The summed E-state index contributed by atoms with van der Waals surface area (Å²) in [6.45, 7) is 0. The van der Waals surface area contributed by atoms with Crippen molar-refractivity contribution in [3.05, 3.63) is 31.9 Å². The van der Waals surface area contributed by atoms with Crippen LogP contribution in [0.15, 0.2) is 12.1 Å². The van der Waals surface area contributed by atoms with E-state index in [0.717, 1.165) is 17.9 Å². The summed E-state index contributed by atoms with van der Waals surface area (Å²) in [4.78, 5) is 0. The molecule has 0 fully saturated rings. The number of hydrogen-bond acceptors (Lipinski definition) is 1. The van der Waals surface area contributed by atoms with Crippen LogP contribution in [-0.4, -0.2) is 6.04 Å². The molecule has 1 aliphatic rings. The lowest BCUT2D eigenvalue weighted by atomic mass is 10.1. The molecule has 1 atom stereocenters. The Bertz CT molecular complexity index is 325. The summed E-state index contributed by atoms with van der Waals surface area (Å²) >= 11 is 8.28. The minimum absolute atomic E-state index is 0.298. The van der Waals surface area contributed by atoms with E-state index in [0.29, 0.717) is 6.04 Å². The first-order valence-electron chi connectivity index (χ1n) is 3.90. The third-order valence-corrected chi connectivity index (χ3v) is 4.11. The highest BCUT2D eigenvalue weighted by Crippen LogP contribution is 2.30. The van der Waals surface area contributed by atoms with Gasteiger partial charge in [0.25, 0.3) is 0 Å². The van der Waals surface area contributed by atoms with Crippen LogP contribution in [0, 0.1) is 3.57 Å². The van der Waals surface area contributed by atoms with E-state index in [9.17, 15) is 0 Å². The lowest BCUT2D eigenvalue weighted by molar-refractivity contribution is 0.720. The van der Waals surface area contributed by atoms with E-state index < -0.39 is 0 Å². The average molecular weight is 294 g/mol. The molecule has 0 aromatic heterocycles. The minimum Gasteiger partial charge on any atom is -0.327 e. The quantitative estimate of drug-likeness (QED) is 0.730. The SMILES string of the molecule is NC1Cc2ccc(Cl)c(I)c2C1. The molecule has 0 saturated heterocycles. The van der Waals surface area contributed by atoms with Crippen molar-refractivity contribution in [2.45, 2.75) is 18.9 Å². The molecule has 0 saturated carbocycles. The molecule has 1 unspecified atom stereocenters. The van der Waals surface area contributed by atoms with Gasteiger partial charge in [-0.15, -0.1) is 0 Å². The summed E-state index contributed by atoms with van der Waals surface area (Å²) in [7, 11) is 0. The molecule has 64 valence electrons. The Kier molecular flexibility index (Phi) is 2.31. The molecular weight excluding hydrogens is 284 g/mol. The zero-order chi connectivity index (χ0) is 8.72. The monoisotopic (exact) mass is 293 g/mol. The van der Waals surface area contributed by atoms with Crippen molar-refractivity contribution in [2.24, 2.45) is 5.73 Å². The van der Waals surface area contributed by atoms with Gasteiger partial charge in [-0.1, -0.05) is 17.7 Å². The number of rotatable bonds is 0. The van der Waals surface area contributed by atoms with E-state index in [4.69, 9.17) is 17.3 Å². The molecule has 0 radical (unpaired) electrons. The third kappa shape index (κ3) is 1.36. The second-order valence-corrected chi connectivity index (χ2v) is 4.65. The van der Waals surface area contributed by atoms with Crippen molar-refractivity contribution in [1.82, 2.24) is 0 Å². The maximum Gasteiger partial charge on any atom is 0.0542 e. The largest absolute Gasteiger partial charge is 0.327 e. The Hall–Kier alpha value is 0.200. The van der Waals surface area contributed by atoms with Crippen LogP contribution in [0.2, 0.25) is 5.02 Å². The fraction of sp³-hybridized carbons (Fsp3) is 0.333. The summed E-state index contributed by atoms with van der Waals surface area (Å²) in [5.74, 6) is 0. The van der Waals surface area contributed by atoms with Gasteiger partial charge in [-0.05, 0) is 52.6 Å². The maximum atomic E-state index is 5.99. The normalized spacial score (nSPS) is 21.1. The first kappa shape index (κ1) is 8.78. The van der Waals surface area contributed by atoms with Gasteiger partial charge in [0.1, 0.15) is 0 Å². The second-order valence-electron chi connectivity index (χ2n) is 3.17. The average Bonchev–Trinajstić information content (AvgIpc) is 2.39. The Morgan fingerprint density at radius 2 is 2.17 bits per heavy atom. The number of nitrogens with two attached hydrogens (primary N) is 1. The Morgan fingerprint density at radius 1 is 1.42 bits per heavy atom. The molecule has 0 heterocycles. The Balaban J connectivity index is 2.54. The van der Waals surface area contributed by atoms with Crippen molar-refractivity contribution >= 4 is 34.2 Å². The van der Waals surface area contributed by atoms with Gasteiger partial charge in [0.15, 0.2) is 0 Å². The summed E-state index contributed by atoms with van der Waals surface area (Å²) < 4.78 is 1.18. The highest BCUT2D eigenvalue weighted by molar-refractivity contribution is 14.1. The summed E-state index contributed by atoms with van der Waals surface area (Å²) in [6, 6.07) is 4.35.